The van der Waals surface area contributed by atoms with Crippen molar-refractivity contribution in [3.63, 3.8) is 0 Å². The molecule has 3 aromatic rings. The summed E-state index contributed by atoms with van der Waals surface area (Å²) in [6.07, 6.45) is 0. The van der Waals surface area contributed by atoms with Crippen LogP contribution >= 0.6 is 11.3 Å². The lowest BCUT2D eigenvalue weighted by molar-refractivity contribution is -0.115. The average Bonchev–Trinajstić information content (AvgIpc) is 3.04. The lowest BCUT2D eigenvalue weighted by Gasteiger charge is -2.08. The maximum Gasteiger partial charge on any atom is 0.263 e. The number of rotatable bonds is 7. The monoisotopic (exact) mass is 434 g/mol. The van der Waals surface area contributed by atoms with Gasteiger partial charge in [-0.25, -0.2) is 8.42 Å². The van der Waals surface area contributed by atoms with Gasteiger partial charge in [0, 0.05) is 6.54 Å². The van der Waals surface area contributed by atoms with Crippen LogP contribution in [0.2, 0.25) is 0 Å². The van der Waals surface area contributed by atoms with Crippen molar-refractivity contribution in [2.45, 2.75) is 19.2 Å². The highest BCUT2D eigenvalue weighted by Gasteiger charge is 2.19. The standard InChI is InChI=1S/C20H22N2O5S2/c1-4-22-18-15(26-2)10-11-16(27-3)19(18)28-20(22)21-17(23)13-29(24,25)12-14-8-6-5-7-9-14/h5-11H,4,12-13H2,1-3H3. The Morgan fingerprint density at radius 3 is 2.34 bits per heavy atom. The van der Waals surface area contributed by atoms with Crippen molar-refractivity contribution >= 4 is 37.3 Å². The van der Waals surface area contributed by atoms with Crippen LogP contribution in [-0.4, -0.2) is 38.9 Å². The van der Waals surface area contributed by atoms with Crippen LogP contribution in [-0.2, 0) is 26.9 Å². The Morgan fingerprint density at radius 1 is 1.07 bits per heavy atom. The van der Waals surface area contributed by atoms with Gasteiger partial charge in [-0.3, -0.25) is 4.79 Å². The second-order valence-electron chi connectivity index (χ2n) is 6.30. The molecule has 154 valence electrons. The fourth-order valence-electron chi connectivity index (χ4n) is 3.04. The highest BCUT2D eigenvalue weighted by molar-refractivity contribution is 7.91. The van der Waals surface area contributed by atoms with Crippen molar-refractivity contribution in [1.29, 1.82) is 0 Å². The van der Waals surface area contributed by atoms with Gasteiger partial charge in [0.05, 0.1) is 20.0 Å². The van der Waals surface area contributed by atoms with Crippen LogP contribution < -0.4 is 14.3 Å². The summed E-state index contributed by atoms with van der Waals surface area (Å²) in [6, 6.07) is 12.3. The van der Waals surface area contributed by atoms with Crippen LogP contribution in [0.1, 0.15) is 12.5 Å². The number of aromatic nitrogens is 1. The van der Waals surface area contributed by atoms with E-state index in [0.717, 1.165) is 10.2 Å². The van der Waals surface area contributed by atoms with Gasteiger partial charge in [0.1, 0.15) is 27.5 Å². The molecule has 0 aliphatic heterocycles. The van der Waals surface area contributed by atoms with Gasteiger partial charge in [0.15, 0.2) is 14.6 Å². The first kappa shape index (κ1) is 21.1. The molecule has 1 amide bonds. The Hall–Kier alpha value is -2.65. The molecule has 1 aromatic heterocycles. The molecule has 29 heavy (non-hydrogen) atoms. The van der Waals surface area contributed by atoms with Crippen LogP contribution in [0.4, 0.5) is 0 Å². The minimum atomic E-state index is -3.63. The summed E-state index contributed by atoms with van der Waals surface area (Å²) in [5, 5.41) is 0. The summed E-state index contributed by atoms with van der Waals surface area (Å²) in [4.78, 5) is 17.0. The quantitative estimate of drug-likeness (QED) is 0.571. The minimum Gasteiger partial charge on any atom is -0.495 e. The Balaban J connectivity index is 1.98. The number of amides is 1. The number of ether oxygens (including phenoxy) is 2. The van der Waals surface area contributed by atoms with E-state index < -0.39 is 21.5 Å². The predicted molar refractivity (Wildman–Crippen MR) is 113 cm³/mol. The Labute approximate surface area is 173 Å². The van der Waals surface area contributed by atoms with Crippen molar-refractivity contribution in [2.75, 3.05) is 20.0 Å². The fraction of sp³-hybridized carbons (Fsp3) is 0.300. The summed E-state index contributed by atoms with van der Waals surface area (Å²) in [6.45, 7) is 2.45. The third-order valence-corrected chi connectivity index (χ3v) is 6.85. The number of hydrogen-bond acceptors (Lipinski definition) is 6. The smallest absolute Gasteiger partial charge is 0.263 e. The zero-order chi connectivity index (χ0) is 21.0. The normalized spacial score (nSPS) is 12.3. The van der Waals surface area contributed by atoms with Crippen molar-refractivity contribution in [1.82, 2.24) is 4.57 Å². The number of fused-ring (bicyclic) bond motifs is 1. The molecule has 0 N–H and O–H groups in total. The Morgan fingerprint density at radius 2 is 1.72 bits per heavy atom. The number of benzene rings is 2. The number of sulfone groups is 1. The lowest BCUT2D eigenvalue weighted by atomic mass is 10.2. The Bertz CT molecular complexity index is 1190. The first-order chi connectivity index (χ1) is 13.9. The van der Waals surface area contributed by atoms with Crippen molar-refractivity contribution in [2.24, 2.45) is 4.99 Å². The number of thiazole rings is 1. The molecule has 1 heterocycles. The molecule has 0 spiro atoms. The molecular weight excluding hydrogens is 412 g/mol. The van der Waals surface area contributed by atoms with Crippen LogP contribution in [0.15, 0.2) is 47.5 Å². The van der Waals surface area contributed by atoms with E-state index in [9.17, 15) is 13.2 Å². The SMILES string of the molecule is CCn1c(=NC(=O)CS(=O)(=O)Cc2ccccc2)sc2c(OC)ccc(OC)c21. The van der Waals surface area contributed by atoms with E-state index in [0.29, 0.717) is 28.4 Å². The minimum absolute atomic E-state index is 0.197. The third-order valence-electron chi connectivity index (χ3n) is 4.30. The summed E-state index contributed by atoms with van der Waals surface area (Å²) in [5.41, 5.74) is 1.40. The predicted octanol–water partition coefficient (Wildman–Crippen LogP) is 2.78. The summed E-state index contributed by atoms with van der Waals surface area (Å²) >= 11 is 1.26. The number of hydrogen-bond donors (Lipinski definition) is 0. The van der Waals surface area contributed by atoms with Gasteiger partial charge in [-0.1, -0.05) is 41.7 Å². The van der Waals surface area contributed by atoms with Gasteiger partial charge in [0.2, 0.25) is 0 Å². The lowest BCUT2D eigenvalue weighted by Crippen LogP contribution is -2.21. The van der Waals surface area contributed by atoms with E-state index in [-0.39, 0.29) is 5.75 Å². The zero-order valence-electron chi connectivity index (χ0n) is 16.4. The number of methoxy groups -OCH3 is 2. The van der Waals surface area contributed by atoms with Crippen LogP contribution in [0, 0.1) is 0 Å². The number of nitrogens with zero attached hydrogens (tertiary/aromatic N) is 2. The molecule has 0 atom stereocenters. The maximum absolute atomic E-state index is 12.5. The first-order valence-electron chi connectivity index (χ1n) is 8.94. The molecule has 0 fully saturated rings. The van der Waals surface area contributed by atoms with E-state index >= 15 is 0 Å². The van der Waals surface area contributed by atoms with Gasteiger partial charge >= 0.3 is 0 Å². The molecule has 0 aliphatic rings. The fourth-order valence-corrected chi connectivity index (χ4v) is 5.50. The highest BCUT2D eigenvalue weighted by atomic mass is 32.2. The van der Waals surface area contributed by atoms with Gasteiger partial charge in [-0.2, -0.15) is 4.99 Å². The topological polar surface area (TPSA) is 87.0 Å². The molecule has 7 nitrogen and oxygen atoms in total. The largest absolute Gasteiger partial charge is 0.495 e. The van der Waals surface area contributed by atoms with Crippen LogP contribution in [0.3, 0.4) is 0 Å². The van der Waals surface area contributed by atoms with E-state index in [1.807, 2.05) is 17.6 Å². The summed E-state index contributed by atoms with van der Waals surface area (Å²) in [5.74, 6) is -0.277. The number of carbonyl (C=O) groups is 1. The maximum atomic E-state index is 12.5. The average molecular weight is 435 g/mol. The Kier molecular flexibility index (Phi) is 6.39. The van der Waals surface area contributed by atoms with Crippen LogP contribution in [0.25, 0.3) is 10.2 Å². The van der Waals surface area contributed by atoms with Gasteiger partial charge < -0.3 is 14.0 Å². The summed E-state index contributed by atoms with van der Waals surface area (Å²) in [7, 11) is -0.495. The summed E-state index contributed by atoms with van der Waals surface area (Å²) < 4.78 is 38.3. The molecule has 9 heteroatoms. The van der Waals surface area contributed by atoms with Gasteiger partial charge in [-0.15, -0.1) is 0 Å². The molecule has 0 unspecified atom stereocenters. The van der Waals surface area contributed by atoms with Gasteiger partial charge in [0.25, 0.3) is 5.91 Å². The molecule has 0 radical (unpaired) electrons. The van der Waals surface area contributed by atoms with E-state index in [1.165, 1.54) is 11.3 Å². The number of aryl methyl sites for hydroxylation is 1. The third kappa shape index (κ3) is 4.68. The van der Waals surface area contributed by atoms with E-state index in [1.54, 1.807) is 50.6 Å². The van der Waals surface area contributed by atoms with Crippen LogP contribution in [0.5, 0.6) is 11.5 Å². The van der Waals surface area contributed by atoms with Crippen molar-refractivity contribution < 1.29 is 22.7 Å². The molecule has 0 saturated carbocycles. The number of carbonyl (C=O) groups excluding carboxylic acids is 1. The van der Waals surface area contributed by atoms with Gasteiger partial charge in [-0.05, 0) is 24.6 Å². The molecule has 2 aromatic carbocycles. The molecule has 0 aliphatic carbocycles. The molecule has 3 rings (SSSR count). The molecule has 0 saturated heterocycles. The molecule has 0 bridgehead atoms. The van der Waals surface area contributed by atoms with Crippen molar-refractivity contribution in [3.05, 3.63) is 52.8 Å². The van der Waals surface area contributed by atoms with E-state index in [4.69, 9.17) is 9.47 Å². The second-order valence-corrected chi connectivity index (χ2v) is 9.34. The first-order valence-corrected chi connectivity index (χ1v) is 11.6. The van der Waals surface area contributed by atoms with Crippen molar-refractivity contribution in [3.8, 4) is 11.5 Å². The zero-order valence-corrected chi connectivity index (χ0v) is 18.0. The second kappa shape index (κ2) is 8.79. The van der Waals surface area contributed by atoms with E-state index in [2.05, 4.69) is 4.99 Å². The molecular formula is C20H22N2O5S2. The highest BCUT2D eigenvalue weighted by Crippen LogP contribution is 2.35.